The third-order valence-electron chi connectivity index (χ3n) is 4.12. The van der Waals surface area contributed by atoms with Gasteiger partial charge in [0.15, 0.2) is 0 Å². The predicted octanol–water partition coefficient (Wildman–Crippen LogP) is 2.97. The summed E-state index contributed by atoms with van der Waals surface area (Å²) in [7, 11) is 0. The molecular weight excluding hydrogens is 307 g/mol. The maximum Gasteiger partial charge on any atom is 0.224 e. The average molecular weight is 326 g/mol. The van der Waals surface area contributed by atoms with Gasteiger partial charge in [-0.05, 0) is 41.8 Å². The van der Waals surface area contributed by atoms with Crippen LogP contribution in [-0.2, 0) is 24.4 Å². The molecule has 0 aliphatic rings. The summed E-state index contributed by atoms with van der Waals surface area (Å²) in [6, 6.07) is 10.4. The molecule has 1 aromatic heterocycles. The van der Waals surface area contributed by atoms with Gasteiger partial charge in [0.1, 0.15) is 5.82 Å². The highest BCUT2D eigenvalue weighted by Gasteiger charge is 2.11. The van der Waals surface area contributed by atoms with Gasteiger partial charge in [0.2, 0.25) is 5.91 Å². The molecule has 3 aromatic rings. The van der Waals surface area contributed by atoms with E-state index in [-0.39, 0.29) is 24.5 Å². The van der Waals surface area contributed by atoms with Gasteiger partial charge < -0.3 is 15.4 Å². The van der Waals surface area contributed by atoms with Crippen LogP contribution < -0.4 is 5.32 Å². The van der Waals surface area contributed by atoms with Crippen molar-refractivity contribution in [1.82, 2.24) is 10.3 Å². The Morgan fingerprint density at radius 3 is 2.88 bits per heavy atom. The number of fused-ring (bicyclic) bond motifs is 1. The number of halogens is 1. The van der Waals surface area contributed by atoms with E-state index in [9.17, 15) is 9.18 Å². The van der Waals surface area contributed by atoms with Gasteiger partial charge >= 0.3 is 0 Å². The zero-order valence-electron chi connectivity index (χ0n) is 13.4. The molecule has 3 rings (SSSR count). The van der Waals surface area contributed by atoms with Crippen LogP contribution in [0.2, 0.25) is 0 Å². The summed E-state index contributed by atoms with van der Waals surface area (Å²) in [5.74, 6) is -0.545. The molecule has 0 aliphatic heterocycles. The molecule has 0 bridgehead atoms. The summed E-state index contributed by atoms with van der Waals surface area (Å²) in [5, 5.41) is 13.0. The normalized spacial score (nSPS) is 11.0. The number of aliphatic hydroxyl groups excluding tert-OH is 1. The molecule has 0 spiro atoms. The number of hydrogen-bond acceptors (Lipinski definition) is 2. The van der Waals surface area contributed by atoms with Crippen LogP contribution in [0.5, 0.6) is 0 Å². The zero-order chi connectivity index (χ0) is 17.1. The zero-order valence-corrected chi connectivity index (χ0v) is 13.4. The second-order valence-corrected chi connectivity index (χ2v) is 5.85. The van der Waals surface area contributed by atoms with Crippen LogP contribution in [0.4, 0.5) is 4.39 Å². The first-order valence-electron chi connectivity index (χ1n) is 7.79. The van der Waals surface area contributed by atoms with Crippen LogP contribution in [0.15, 0.2) is 42.6 Å². The first kappa shape index (κ1) is 16.2. The van der Waals surface area contributed by atoms with Gasteiger partial charge in [0, 0.05) is 29.2 Å². The van der Waals surface area contributed by atoms with Crippen LogP contribution in [0.3, 0.4) is 0 Å². The molecule has 1 heterocycles. The first-order valence-corrected chi connectivity index (χ1v) is 7.79. The SMILES string of the molecule is Cc1cccc2[nH]cc(CC(=O)NCc3ccc(F)c(CO)c3)c12. The molecule has 1 amide bonds. The minimum absolute atomic E-state index is 0.103. The third kappa shape index (κ3) is 3.31. The van der Waals surface area contributed by atoms with Crippen LogP contribution in [0.1, 0.15) is 22.3 Å². The van der Waals surface area contributed by atoms with Crippen molar-refractivity contribution in [3.05, 3.63) is 70.7 Å². The maximum absolute atomic E-state index is 13.4. The van der Waals surface area contributed by atoms with E-state index in [1.165, 1.54) is 6.07 Å². The van der Waals surface area contributed by atoms with Gasteiger partial charge in [-0.1, -0.05) is 18.2 Å². The molecule has 3 N–H and O–H groups in total. The van der Waals surface area contributed by atoms with E-state index in [2.05, 4.69) is 10.3 Å². The second-order valence-electron chi connectivity index (χ2n) is 5.85. The number of nitrogens with one attached hydrogen (secondary N) is 2. The second kappa shape index (κ2) is 6.84. The van der Waals surface area contributed by atoms with Crippen molar-refractivity contribution in [3.8, 4) is 0 Å². The van der Waals surface area contributed by atoms with Crippen LogP contribution >= 0.6 is 0 Å². The third-order valence-corrected chi connectivity index (χ3v) is 4.12. The number of aryl methyl sites for hydroxylation is 1. The molecule has 0 saturated carbocycles. The smallest absolute Gasteiger partial charge is 0.224 e. The standard InChI is InChI=1S/C19H19FN2O2/c1-12-3-2-4-17-19(12)14(10-21-17)8-18(24)22-9-13-5-6-16(20)15(7-13)11-23/h2-7,10,21,23H,8-9,11H2,1H3,(H,22,24). The lowest BCUT2D eigenvalue weighted by Gasteiger charge is -2.07. The summed E-state index contributed by atoms with van der Waals surface area (Å²) < 4.78 is 13.4. The largest absolute Gasteiger partial charge is 0.392 e. The fourth-order valence-corrected chi connectivity index (χ4v) is 2.89. The lowest BCUT2D eigenvalue weighted by atomic mass is 10.1. The van der Waals surface area contributed by atoms with Crippen molar-refractivity contribution >= 4 is 16.8 Å². The maximum atomic E-state index is 13.4. The minimum atomic E-state index is -0.443. The Bertz CT molecular complexity index is 886. The molecule has 0 atom stereocenters. The number of H-pyrrole nitrogens is 1. The van der Waals surface area contributed by atoms with E-state index in [1.807, 2.05) is 31.3 Å². The molecule has 0 fully saturated rings. The summed E-state index contributed by atoms with van der Waals surface area (Å²) in [6.07, 6.45) is 2.14. The number of aliphatic hydroxyl groups is 1. The number of aromatic amines is 1. The van der Waals surface area contributed by atoms with Gasteiger partial charge in [-0.3, -0.25) is 4.79 Å². The minimum Gasteiger partial charge on any atom is -0.392 e. The van der Waals surface area contributed by atoms with E-state index in [1.54, 1.807) is 12.1 Å². The van der Waals surface area contributed by atoms with Crippen LogP contribution in [0, 0.1) is 12.7 Å². The van der Waals surface area contributed by atoms with Crippen molar-refractivity contribution in [2.45, 2.75) is 26.5 Å². The fraction of sp³-hybridized carbons (Fsp3) is 0.211. The van der Waals surface area contributed by atoms with Gasteiger partial charge in [0.05, 0.1) is 13.0 Å². The number of hydrogen-bond donors (Lipinski definition) is 3. The molecule has 24 heavy (non-hydrogen) atoms. The van der Waals surface area contributed by atoms with Gasteiger partial charge in [-0.25, -0.2) is 4.39 Å². The molecule has 0 saturated heterocycles. The summed E-state index contributed by atoms with van der Waals surface area (Å²) in [6.45, 7) is 1.96. The number of rotatable bonds is 5. The van der Waals surface area contributed by atoms with Crippen molar-refractivity contribution in [2.75, 3.05) is 0 Å². The predicted molar refractivity (Wildman–Crippen MR) is 90.9 cm³/mol. The lowest BCUT2D eigenvalue weighted by molar-refractivity contribution is -0.120. The molecule has 0 unspecified atom stereocenters. The van der Waals surface area contributed by atoms with Crippen LogP contribution in [0.25, 0.3) is 10.9 Å². The van der Waals surface area contributed by atoms with Gasteiger partial charge in [0.25, 0.3) is 0 Å². The molecular formula is C19H19FN2O2. The highest BCUT2D eigenvalue weighted by Crippen LogP contribution is 2.22. The quantitative estimate of drug-likeness (QED) is 0.675. The summed E-state index contributed by atoms with van der Waals surface area (Å²) in [4.78, 5) is 15.4. The molecule has 0 radical (unpaired) electrons. The van der Waals surface area contributed by atoms with E-state index in [4.69, 9.17) is 5.11 Å². The Hall–Kier alpha value is -2.66. The van der Waals surface area contributed by atoms with E-state index in [0.717, 1.165) is 27.6 Å². The number of aromatic nitrogens is 1. The molecule has 124 valence electrons. The lowest BCUT2D eigenvalue weighted by Crippen LogP contribution is -2.24. The molecule has 2 aromatic carbocycles. The van der Waals surface area contributed by atoms with Gasteiger partial charge in [-0.2, -0.15) is 0 Å². The Kier molecular flexibility index (Phi) is 4.62. The number of amides is 1. The van der Waals surface area contributed by atoms with Crippen molar-refractivity contribution < 1.29 is 14.3 Å². The van der Waals surface area contributed by atoms with Crippen molar-refractivity contribution in [3.63, 3.8) is 0 Å². The Labute approximate surface area is 139 Å². The average Bonchev–Trinajstić information content (AvgIpc) is 2.98. The number of benzene rings is 2. The highest BCUT2D eigenvalue weighted by atomic mass is 19.1. The Morgan fingerprint density at radius 2 is 2.08 bits per heavy atom. The molecule has 0 aliphatic carbocycles. The molecule has 4 nitrogen and oxygen atoms in total. The monoisotopic (exact) mass is 326 g/mol. The fourth-order valence-electron chi connectivity index (χ4n) is 2.89. The topological polar surface area (TPSA) is 65.1 Å². The first-order chi connectivity index (χ1) is 11.6. The van der Waals surface area contributed by atoms with E-state index >= 15 is 0 Å². The highest BCUT2D eigenvalue weighted by molar-refractivity contribution is 5.91. The van der Waals surface area contributed by atoms with Crippen LogP contribution in [-0.4, -0.2) is 16.0 Å². The summed E-state index contributed by atoms with van der Waals surface area (Å²) >= 11 is 0. The van der Waals surface area contributed by atoms with Crippen molar-refractivity contribution in [1.29, 1.82) is 0 Å². The Balaban J connectivity index is 1.67. The van der Waals surface area contributed by atoms with Gasteiger partial charge in [-0.15, -0.1) is 0 Å². The summed E-state index contributed by atoms with van der Waals surface area (Å²) in [5.41, 5.74) is 4.08. The number of carbonyl (C=O) groups is 1. The van der Waals surface area contributed by atoms with Crippen molar-refractivity contribution in [2.24, 2.45) is 0 Å². The Morgan fingerprint density at radius 1 is 1.25 bits per heavy atom. The molecule has 5 heteroatoms. The number of carbonyl (C=O) groups excluding carboxylic acids is 1. The van der Waals surface area contributed by atoms with E-state index < -0.39 is 5.82 Å². The van der Waals surface area contributed by atoms with E-state index in [0.29, 0.717) is 6.54 Å².